The maximum absolute atomic E-state index is 6.15. The number of nitrogens with zero attached hydrogens (tertiary/aromatic N) is 2. The molecule has 2 heterocycles. The van der Waals surface area contributed by atoms with Gasteiger partial charge in [0.2, 0.25) is 0 Å². The molecule has 0 unspecified atom stereocenters. The molecule has 1 fully saturated rings. The predicted molar refractivity (Wildman–Crippen MR) is 79.0 cm³/mol. The Morgan fingerprint density at radius 2 is 1.84 bits per heavy atom. The molecule has 1 aromatic rings. The van der Waals surface area contributed by atoms with E-state index in [1.54, 1.807) is 0 Å². The summed E-state index contributed by atoms with van der Waals surface area (Å²) in [6, 6.07) is 4.12. The van der Waals surface area contributed by atoms with Crippen LogP contribution in [0.25, 0.3) is 0 Å². The number of anilines is 2. The minimum absolute atomic E-state index is 0.114. The molecule has 3 rings (SSSR count). The molecule has 0 saturated carbocycles. The number of ether oxygens (including phenoxy) is 1. The summed E-state index contributed by atoms with van der Waals surface area (Å²) in [5.41, 5.74) is 9.21. The van der Waals surface area contributed by atoms with Crippen molar-refractivity contribution in [2.45, 2.75) is 25.9 Å². The Balaban J connectivity index is 1.94. The number of nitrogens with two attached hydrogens (primary N) is 1. The van der Waals surface area contributed by atoms with E-state index in [1.165, 1.54) is 11.3 Å². The first-order valence-corrected chi connectivity index (χ1v) is 6.99. The van der Waals surface area contributed by atoms with Crippen LogP contribution < -0.4 is 15.4 Å². The highest BCUT2D eigenvalue weighted by Crippen LogP contribution is 2.43. The van der Waals surface area contributed by atoms with Gasteiger partial charge in [0.1, 0.15) is 11.4 Å². The molecule has 2 aliphatic heterocycles. The molecule has 0 spiro atoms. The van der Waals surface area contributed by atoms with Gasteiger partial charge < -0.3 is 20.3 Å². The zero-order valence-corrected chi connectivity index (χ0v) is 12.1. The summed E-state index contributed by atoms with van der Waals surface area (Å²) in [7, 11) is 2.17. The van der Waals surface area contributed by atoms with Crippen LogP contribution in [0.3, 0.4) is 0 Å². The van der Waals surface area contributed by atoms with Gasteiger partial charge in [0, 0.05) is 43.9 Å². The van der Waals surface area contributed by atoms with Crippen molar-refractivity contribution in [2.24, 2.45) is 0 Å². The number of hydrogen-bond donors (Lipinski definition) is 1. The second kappa shape index (κ2) is 4.30. The number of fused-ring (bicyclic) bond motifs is 1. The normalized spacial score (nSPS) is 22.2. The van der Waals surface area contributed by atoms with E-state index in [9.17, 15) is 0 Å². The zero-order chi connectivity index (χ0) is 13.6. The summed E-state index contributed by atoms with van der Waals surface area (Å²) in [6.45, 7) is 8.53. The molecule has 104 valence electrons. The van der Waals surface area contributed by atoms with Crippen LogP contribution in [-0.2, 0) is 6.42 Å². The van der Waals surface area contributed by atoms with E-state index in [0.717, 1.165) is 44.0 Å². The lowest BCUT2D eigenvalue weighted by Crippen LogP contribution is -2.44. The Hall–Kier alpha value is -1.42. The summed E-state index contributed by atoms with van der Waals surface area (Å²) in [4.78, 5) is 4.75. The Morgan fingerprint density at radius 3 is 2.53 bits per heavy atom. The summed E-state index contributed by atoms with van der Waals surface area (Å²) >= 11 is 0. The molecule has 0 aromatic heterocycles. The summed E-state index contributed by atoms with van der Waals surface area (Å²) in [5.74, 6) is 1.05. The van der Waals surface area contributed by atoms with Crippen molar-refractivity contribution in [3.8, 4) is 5.75 Å². The van der Waals surface area contributed by atoms with Gasteiger partial charge in [0.25, 0.3) is 0 Å². The van der Waals surface area contributed by atoms with E-state index in [-0.39, 0.29) is 5.60 Å². The Bertz CT molecular complexity index is 490. The molecular formula is C15H23N3O. The fourth-order valence-electron chi connectivity index (χ4n) is 3.00. The quantitative estimate of drug-likeness (QED) is 0.782. The van der Waals surface area contributed by atoms with Crippen molar-refractivity contribution in [2.75, 3.05) is 43.9 Å². The third-order valence-corrected chi connectivity index (χ3v) is 4.01. The van der Waals surface area contributed by atoms with Crippen LogP contribution in [0.15, 0.2) is 12.1 Å². The number of hydrogen-bond acceptors (Lipinski definition) is 4. The van der Waals surface area contributed by atoms with E-state index in [1.807, 2.05) is 0 Å². The minimum atomic E-state index is -0.114. The third kappa shape index (κ3) is 2.37. The zero-order valence-electron chi connectivity index (χ0n) is 12.1. The molecule has 4 heteroatoms. The fraction of sp³-hybridized carbons (Fsp3) is 0.600. The highest BCUT2D eigenvalue weighted by molar-refractivity contribution is 5.70. The van der Waals surface area contributed by atoms with Gasteiger partial charge in [-0.2, -0.15) is 0 Å². The number of nitrogen functional groups attached to an aromatic ring is 1. The highest BCUT2D eigenvalue weighted by atomic mass is 16.5. The monoisotopic (exact) mass is 261 g/mol. The molecule has 1 saturated heterocycles. The van der Waals surface area contributed by atoms with Crippen LogP contribution in [0.1, 0.15) is 19.4 Å². The molecule has 19 heavy (non-hydrogen) atoms. The third-order valence-electron chi connectivity index (χ3n) is 4.01. The maximum atomic E-state index is 6.15. The Labute approximate surface area is 115 Å². The lowest BCUT2D eigenvalue weighted by molar-refractivity contribution is 0.138. The molecule has 0 radical (unpaired) electrons. The van der Waals surface area contributed by atoms with E-state index >= 15 is 0 Å². The smallest absolute Gasteiger partial charge is 0.146 e. The molecule has 0 bridgehead atoms. The van der Waals surface area contributed by atoms with Crippen LogP contribution in [0.2, 0.25) is 0 Å². The Kier molecular flexibility index (Phi) is 2.86. The standard InChI is InChI=1S/C15H23N3O/c1-15(2)10-11-8-12(16)9-13(14(11)19-15)18-6-4-17(3)5-7-18/h8-9H,4-7,10,16H2,1-3H3. The fourth-order valence-corrected chi connectivity index (χ4v) is 3.00. The van der Waals surface area contributed by atoms with E-state index < -0.39 is 0 Å². The van der Waals surface area contributed by atoms with E-state index in [0.29, 0.717) is 0 Å². The highest BCUT2D eigenvalue weighted by Gasteiger charge is 2.33. The van der Waals surface area contributed by atoms with Crippen molar-refractivity contribution in [1.82, 2.24) is 4.90 Å². The SMILES string of the molecule is CN1CCN(c2cc(N)cc3c2OC(C)(C)C3)CC1. The lowest BCUT2D eigenvalue weighted by Gasteiger charge is -2.35. The summed E-state index contributed by atoms with van der Waals surface area (Å²) in [5, 5.41) is 0. The van der Waals surface area contributed by atoms with Crippen molar-refractivity contribution in [1.29, 1.82) is 0 Å². The number of rotatable bonds is 1. The van der Waals surface area contributed by atoms with Crippen LogP contribution in [-0.4, -0.2) is 43.7 Å². The molecule has 0 atom stereocenters. The number of piperazine rings is 1. The van der Waals surface area contributed by atoms with Crippen LogP contribution in [0.4, 0.5) is 11.4 Å². The van der Waals surface area contributed by atoms with Gasteiger partial charge in [-0.25, -0.2) is 0 Å². The van der Waals surface area contributed by atoms with Gasteiger partial charge in [-0.3, -0.25) is 0 Å². The van der Waals surface area contributed by atoms with E-state index in [4.69, 9.17) is 10.5 Å². The molecule has 0 aliphatic carbocycles. The van der Waals surface area contributed by atoms with Gasteiger partial charge in [0.05, 0.1) is 5.69 Å². The number of benzene rings is 1. The molecule has 2 aliphatic rings. The van der Waals surface area contributed by atoms with Crippen molar-refractivity contribution in [3.05, 3.63) is 17.7 Å². The Morgan fingerprint density at radius 1 is 1.16 bits per heavy atom. The van der Waals surface area contributed by atoms with Crippen molar-refractivity contribution in [3.63, 3.8) is 0 Å². The van der Waals surface area contributed by atoms with Gasteiger partial charge in [-0.15, -0.1) is 0 Å². The van der Waals surface area contributed by atoms with Gasteiger partial charge in [0.15, 0.2) is 0 Å². The lowest BCUT2D eigenvalue weighted by atomic mass is 10.0. The van der Waals surface area contributed by atoms with Crippen LogP contribution >= 0.6 is 0 Å². The van der Waals surface area contributed by atoms with Gasteiger partial charge in [-0.05, 0) is 33.0 Å². The molecule has 2 N–H and O–H groups in total. The van der Waals surface area contributed by atoms with Crippen LogP contribution in [0, 0.1) is 0 Å². The second-order valence-corrected chi connectivity index (χ2v) is 6.36. The minimum Gasteiger partial charge on any atom is -0.485 e. The first-order chi connectivity index (χ1) is 8.94. The first kappa shape index (κ1) is 12.6. The molecular weight excluding hydrogens is 238 g/mol. The van der Waals surface area contributed by atoms with E-state index in [2.05, 4.69) is 42.8 Å². The number of likely N-dealkylation sites (N-methyl/N-ethyl adjacent to an activating group) is 1. The first-order valence-electron chi connectivity index (χ1n) is 6.99. The largest absolute Gasteiger partial charge is 0.485 e. The van der Waals surface area contributed by atoms with Crippen LogP contribution in [0.5, 0.6) is 5.75 Å². The van der Waals surface area contributed by atoms with Gasteiger partial charge in [-0.1, -0.05) is 0 Å². The van der Waals surface area contributed by atoms with Crippen molar-refractivity contribution < 1.29 is 4.74 Å². The average Bonchev–Trinajstić information content (AvgIpc) is 2.63. The summed E-state index contributed by atoms with van der Waals surface area (Å²) in [6.07, 6.45) is 0.939. The van der Waals surface area contributed by atoms with Crippen molar-refractivity contribution >= 4 is 11.4 Å². The predicted octanol–water partition coefficient (Wildman–Crippen LogP) is 1.73. The topological polar surface area (TPSA) is 41.7 Å². The molecule has 0 amide bonds. The average molecular weight is 261 g/mol. The summed E-state index contributed by atoms with van der Waals surface area (Å²) < 4.78 is 6.15. The molecule has 1 aromatic carbocycles. The van der Waals surface area contributed by atoms with Gasteiger partial charge >= 0.3 is 0 Å². The molecule has 4 nitrogen and oxygen atoms in total. The maximum Gasteiger partial charge on any atom is 0.146 e. The second-order valence-electron chi connectivity index (χ2n) is 6.36.